The minimum absolute atomic E-state index is 0. The van der Waals surface area contributed by atoms with Gasteiger partial charge in [-0.2, -0.15) is 11.8 Å². The molecule has 0 amide bonds. The van der Waals surface area contributed by atoms with E-state index in [0.29, 0.717) is 0 Å². The van der Waals surface area contributed by atoms with Crippen LogP contribution in [0, 0.1) is 0 Å². The van der Waals surface area contributed by atoms with Crippen molar-refractivity contribution in [2.75, 3.05) is 11.5 Å². The summed E-state index contributed by atoms with van der Waals surface area (Å²) in [6.45, 7) is 7.15. The van der Waals surface area contributed by atoms with E-state index < -0.39 is 0 Å². The van der Waals surface area contributed by atoms with Gasteiger partial charge in [0.25, 0.3) is 0 Å². The summed E-state index contributed by atoms with van der Waals surface area (Å²) in [5, 5.41) is 0. The van der Waals surface area contributed by atoms with Crippen molar-refractivity contribution >= 4 is 11.8 Å². The monoisotopic (exact) mass is 221 g/mol. The van der Waals surface area contributed by atoms with Crippen LogP contribution in [0.2, 0.25) is 0 Å². The summed E-state index contributed by atoms with van der Waals surface area (Å²) in [6, 6.07) is 0. The van der Waals surface area contributed by atoms with Crippen molar-refractivity contribution in [2.45, 2.75) is 0 Å². The maximum atomic E-state index is 3.58. The first-order chi connectivity index (χ1) is 3.41. The summed E-state index contributed by atoms with van der Waals surface area (Å²) in [7, 11) is 0. The molecule has 0 heterocycles. The van der Waals surface area contributed by atoms with Gasteiger partial charge in [-0.3, -0.25) is 0 Å². The van der Waals surface area contributed by atoms with Crippen LogP contribution in [-0.2, 0) is 22.4 Å². The van der Waals surface area contributed by atoms with Crippen molar-refractivity contribution < 1.29 is 22.4 Å². The van der Waals surface area contributed by atoms with E-state index in [9.17, 15) is 0 Å². The Labute approximate surface area is 70.9 Å². The molecule has 0 aliphatic carbocycles. The van der Waals surface area contributed by atoms with Gasteiger partial charge in [0, 0.05) is 33.9 Å². The van der Waals surface area contributed by atoms with E-state index in [4.69, 9.17) is 0 Å². The second kappa shape index (κ2) is 10.5. The van der Waals surface area contributed by atoms with E-state index in [-0.39, 0.29) is 22.4 Å². The number of hydrogen-bond acceptors (Lipinski definition) is 1. The van der Waals surface area contributed by atoms with E-state index in [1.165, 1.54) is 0 Å². The van der Waals surface area contributed by atoms with E-state index in [2.05, 4.69) is 13.2 Å². The SMILES string of the molecule is C=CCSCC=C.[Ag]. The first-order valence-corrected chi connectivity index (χ1v) is 3.37. The minimum atomic E-state index is 0. The molecule has 0 N–H and O–H groups in total. The average molecular weight is 222 g/mol. The Morgan fingerprint density at radius 3 is 1.75 bits per heavy atom. The predicted octanol–water partition coefficient (Wildman–Crippen LogP) is 2.09. The molecule has 0 aromatic rings. The van der Waals surface area contributed by atoms with Crippen LogP contribution < -0.4 is 0 Å². The Morgan fingerprint density at radius 2 is 1.50 bits per heavy atom. The number of rotatable bonds is 4. The summed E-state index contributed by atoms with van der Waals surface area (Å²) >= 11 is 1.82. The third-order valence-corrected chi connectivity index (χ3v) is 1.41. The van der Waals surface area contributed by atoms with Crippen molar-refractivity contribution in [1.29, 1.82) is 0 Å². The third-order valence-electron chi connectivity index (χ3n) is 0.471. The molecule has 0 aliphatic rings. The molecule has 8 heavy (non-hydrogen) atoms. The van der Waals surface area contributed by atoms with Gasteiger partial charge in [0.15, 0.2) is 0 Å². The van der Waals surface area contributed by atoms with Gasteiger partial charge in [-0.1, -0.05) is 12.2 Å². The molecule has 0 fully saturated rings. The summed E-state index contributed by atoms with van der Waals surface area (Å²) in [4.78, 5) is 0. The molecule has 51 valence electrons. The molecule has 0 aromatic heterocycles. The Bertz CT molecular complexity index is 53.5. The van der Waals surface area contributed by atoms with E-state index >= 15 is 0 Å². The van der Waals surface area contributed by atoms with Gasteiger partial charge in [0.05, 0.1) is 0 Å². The van der Waals surface area contributed by atoms with Crippen molar-refractivity contribution in [2.24, 2.45) is 0 Å². The first-order valence-electron chi connectivity index (χ1n) is 2.21. The summed E-state index contributed by atoms with van der Waals surface area (Å²) < 4.78 is 0. The normalized spacial score (nSPS) is 7.00. The van der Waals surface area contributed by atoms with E-state index in [0.717, 1.165) is 11.5 Å². The van der Waals surface area contributed by atoms with Crippen LogP contribution in [-0.4, -0.2) is 11.5 Å². The van der Waals surface area contributed by atoms with Crippen molar-refractivity contribution in [3.05, 3.63) is 25.3 Å². The molecule has 0 spiro atoms. The zero-order valence-corrected chi connectivity index (χ0v) is 6.99. The molecule has 0 rings (SSSR count). The molecule has 0 atom stereocenters. The molecule has 0 aromatic carbocycles. The van der Waals surface area contributed by atoms with Crippen molar-refractivity contribution in [3.63, 3.8) is 0 Å². The van der Waals surface area contributed by atoms with Crippen molar-refractivity contribution in [1.82, 2.24) is 0 Å². The van der Waals surface area contributed by atoms with Gasteiger partial charge in [0.2, 0.25) is 0 Å². The first kappa shape index (κ1) is 11.4. The minimum Gasteiger partial charge on any atom is -0.154 e. The van der Waals surface area contributed by atoms with Crippen LogP contribution in [0.3, 0.4) is 0 Å². The van der Waals surface area contributed by atoms with Gasteiger partial charge < -0.3 is 0 Å². The van der Waals surface area contributed by atoms with Crippen LogP contribution in [0.5, 0.6) is 0 Å². The Morgan fingerprint density at radius 1 is 1.12 bits per heavy atom. The van der Waals surface area contributed by atoms with Crippen molar-refractivity contribution in [3.8, 4) is 0 Å². The Kier molecular flexibility index (Phi) is 15.0. The number of hydrogen-bond donors (Lipinski definition) is 0. The molecule has 0 saturated heterocycles. The van der Waals surface area contributed by atoms with Gasteiger partial charge in [-0.25, -0.2) is 0 Å². The predicted molar refractivity (Wildman–Crippen MR) is 37.7 cm³/mol. The number of thioether (sulfide) groups is 1. The fourth-order valence-electron chi connectivity index (χ4n) is 0.235. The molecule has 0 aliphatic heterocycles. The fraction of sp³-hybridized carbons (Fsp3) is 0.333. The topological polar surface area (TPSA) is 0 Å². The molecule has 0 unspecified atom stereocenters. The standard InChI is InChI=1S/C6H10S.Ag/c1-3-5-7-6-4-2;/h3-4H,1-2,5-6H2;. The fourth-order valence-corrected chi connectivity index (χ4v) is 0.704. The second-order valence-corrected chi connectivity index (χ2v) is 2.19. The van der Waals surface area contributed by atoms with Gasteiger partial charge >= 0.3 is 0 Å². The summed E-state index contributed by atoms with van der Waals surface area (Å²) in [5.74, 6) is 2.07. The maximum absolute atomic E-state index is 3.58. The zero-order valence-electron chi connectivity index (χ0n) is 4.69. The van der Waals surface area contributed by atoms with Gasteiger partial charge in [-0.15, -0.1) is 13.2 Å². The summed E-state index contributed by atoms with van der Waals surface area (Å²) in [6.07, 6.45) is 3.79. The second-order valence-electron chi connectivity index (χ2n) is 1.11. The maximum Gasteiger partial charge on any atom is 0.0113 e. The zero-order chi connectivity index (χ0) is 5.54. The van der Waals surface area contributed by atoms with Crippen LogP contribution in [0.1, 0.15) is 0 Å². The molecule has 0 bridgehead atoms. The molecule has 1 radical (unpaired) electrons. The van der Waals surface area contributed by atoms with Gasteiger partial charge in [-0.05, 0) is 0 Å². The molecular weight excluding hydrogens is 212 g/mol. The summed E-state index contributed by atoms with van der Waals surface area (Å²) in [5.41, 5.74) is 0. The molecule has 0 saturated carbocycles. The Balaban J connectivity index is 0. The van der Waals surface area contributed by atoms with E-state index in [1.807, 2.05) is 23.9 Å². The Hall–Kier alpha value is 0.570. The molecular formula is C6H10AgS. The van der Waals surface area contributed by atoms with Crippen LogP contribution in [0.15, 0.2) is 25.3 Å². The smallest absolute Gasteiger partial charge is 0.0113 e. The third kappa shape index (κ3) is 9.76. The van der Waals surface area contributed by atoms with E-state index in [1.54, 1.807) is 0 Å². The quantitative estimate of drug-likeness (QED) is 0.398. The van der Waals surface area contributed by atoms with Crippen LogP contribution in [0.25, 0.3) is 0 Å². The van der Waals surface area contributed by atoms with Gasteiger partial charge in [0.1, 0.15) is 0 Å². The largest absolute Gasteiger partial charge is 0.154 e. The molecule has 0 nitrogen and oxygen atoms in total. The average Bonchev–Trinajstić information content (AvgIpc) is 1.69. The van der Waals surface area contributed by atoms with Crippen LogP contribution >= 0.6 is 11.8 Å². The molecule has 2 heteroatoms. The van der Waals surface area contributed by atoms with Crippen LogP contribution in [0.4, 0.5) is 0 Å².